The molecule has 0 saturated carbocycles. The Hall–Kier alpha value is -1.08. The van der Waals surface area contributed by atoms with Gasteiger partial charge in [0.15, 0.2) is 0 Å². The van der Waals surface area contributed by atoms with Gasteiger partial charge in [-0.25, -0.2) is 4.98 Å². The topological polar surface area (TPSA) is 53.1 Å². The molecule has 0 spiro atoms. The van der Waals surface area contributed by atoms with E-state index in [0.29, 0.717) is 19.5 Å². The summed E-state index contributed by atoms with van der Waals surface area (Å²) in [6.07, 6.45) is -0.367. The van der Waals surface area contributed by atoms with Crippen molar-refractivity contribution in [1.29, 1.82) is 0 Å². The average molecular weight is 237 g/mol. The van der Waals surface area contributed by atoms with Gasteiger partial charge in [-0.2, -0.15) is 13.2 Å². The van der Waals surface area contributed by atoms with Gasteiger partial charge in [0.25, 0.3) is 0 Å². The number of hydrogen-bond acceptors (Lipinski definition) is 3. The summed E-state index contributed by atoms with van der Waals surface area (Å²) in [5, 5.41) is 0. The minimum Gasteiger partial charge on any atom is -0.372 e. The second-order valence-electron chi connectivity index (χ2n) is 3.33. The molecule has 2 N–H and O–H groups in total. The van der Waals surface area contributed by atoms with Crippen molar-refractivity contribution in [3.63, 3.8) is 0 Å². The van der Waals surface area contributed by atoms with E-state index in [1.165, 1.54) is 0 Å². The monoisotopic (exact) mass is 237 g/mol. The number of nitrogens with zero attached hydrogens (tertiary/aromatic N) is 2. The lowest BCUT2D eigenvalue weighted by Crippen LogP contribution is -2.17. The highest BCUT2D eigenvalue weighted by atomic mass is 19.4. The predicted octanol–water partition coefficient (Wildman–Crippen LogP) is 1.31. The van der Waals surface area contributed by atoms with E-state index in [1.807, 2.05) is 0 Å². The van der Waals surface area contributed by atoms with E-state index in [0.717, 1.165) is 5.69 Å². The molecule has 0 amide bonds. The number of ether oxygens (including phenoxy) is 1. The highest BCUT2D eigenvalue weighted by molar-refractivity contribution is 4.95. The van der Waals surface area contributed by atoms with Crippen molar-refractivity contribution in [2.45, 2.75) is 25.7 Å². The SMILES string of the molecule is NCc1cn(CCCOCC(F)(F)F)cn1. The summed E-state index contributed by atoms with van der Waals surface area (Å²) in [6, 6.07) is 0. The van der Waals surface area contributed by atoms with Crippen LogP contribution in [0.4, 0.5) is 13.2 Å². The smallest absolute Gasteiger partial charge is 0.372 e. The molecule has 7 heteroatoms. The number of hydrogen-bond donors (Lipinski definition) is 1. The van der Waals surface area contributed by atoms with Gasteiger partial charge in [0, 0.05) is 25.9 Å². The van der Waals surface area contributed by atoms with Crippen LogP contribution in [-0.4, -0.2) is 28.9 Å². The van der Waals surface area contributed by atoms with Gasteiger partial charge in [0.2, 0.25) is 0 Å². The lowest BCUT2D eigenvalue weighted by molar-refractivity contribution is -0.174. The summed E-state index contributed by atoms with van der Waals surface area (Å²) in [5.74, 6) is 0. The van der Waals surface area contributed by atoms with Crippen LogP contribution in [0.5, 0.6) is 0 Å². The van der Waals surface area contributed by atoms with Crippen molar-refractivity contribution >= 4 is 0 Å². The van der Waals surface area contributed by atoms with Gasteiger partial charge in [-0.1, -0.05) is 0 Å². The Morgan fingerprint density at radius 3 is 2.75 bits per heavy atom. The fourth-order valence-corrected chi connectivity index (χ4v) is 1.17. The molecule has 0 bridgehead atoms. The summed E-state index contributed by atoms with van der Waals surface area (Å²) < 4.78 is 41.3. The molecule has 16 heavy (non-hydrogen) atoms. The van der Waals surface area contributed by atoms with Crippen LogP contribution in [0, 0.1) is 0 Å². The van der Waals surface area contributed by atoms with Crippen LogP contribution in [0.25, 0.3) is 0 Å². The van der Waals surface area contributed by atoms with Crippen molar-refractivity contribution in [2.75, 3.05) is 13.2 Å². The zero-order chi connectivity index (χ0) is 12.0. The van der Waals surface area contributed by atoms with E-state index in [4.69, 9.17) is 5.73 Å². The highest BCUT2D eigenvalue weighted by Crippen LogP contribution is 2.14. The summed E-state index contributed by atoms with van der Waals surface area (Å²) >= 11 is 0. The van der Waals surface area contributed by atoms with Crippen LogP contribution in [0.2, 0.25) is 0 Å². The van der Waals surface area contributed by atoms with Crippen LogP contribution in [0.1, 0.15) is 12.1 Å². The first kappa shape index (κ1) is 13.0. The van der Waals surface area contributed by atoms with Gasteiger partial charge in [0.1, 0.15) is 6.61 Å². The largest absolute Gasteiger partial charge is 0.411 e. The zero-order valence-electron chi connectivity index (χ0n) is 8.70. The maximum absolute atomic E-state index is 11.7. The minimum absolute atomic E-state index is 0.0790. The summed E-state index contributed by atoms with van der Waals surface area (Å²) in [6.45, 7) is -0.178. The Morgan fingerprint density at radius 1 is 1.44 bits per heavy atom. The number of aryl methyl sites for hydroxylation is 1. The molecule has 1 heterocycles. The number of halogens is 3. The minimum atomic E-state index is -4.25. The number of imidazole rings is 1. The van der Waals surface area contributed by atoms with Gasteiger partial charge in [-0.15, -0.1) is 0 Å². The predicted molar refractivity (Wildman–Crippen MR) is 51.6 cm³/mol. The van der Waals surface area contributed by atoms with E-state index in [2.05, 4.69) is 9.72 Å². The van der Waals surface area contributed by atoms with E-state index < -0.39 is 12.8 Å². The maximum atomic E-state index is 11.7. The van der Waals surface area contributed by atoms with Crippen LogP contribution in [0.15, 0.2) is 12.5 Å². The second-order valence-corrected chi connectivity index (χ2v) is 3.33. The second kappa shape index (κ2) is 5.86. The van der Waals surface area contributed by atoms with E-state index in [1.54, 1.807) is 17.1 Å². The molecule has 0 saturated heterocycles. The summed E-state index contributed by atoms with van der Waals surface area (Å²) in [7, 11) is 0. The van der Waals surface area contributed by atoms with Gasteiger partial charge in [-0.05, 0) is 6.42 Å². The van der Waals surface area contributed by atoms with E-state index in [-0.39, 0.29) is 6.61 Å². The van der Waals surface area contributed by atoms with Crippen molar-refractivity contribution in [3.05, 3.63) is 18.2 Å². The van der Waals surface area contributed by atoms with Crippen molar-refractivity contribution in [2.24, 2.45) is 5.73 Å². The first-order chi connectivity index (χ1) is 7.51. The third-order valence-corrected chi connectivity index (χ3v) is 1.87. The first-order valence-electron chi connectivity index (χ1n) is 4.86. The van der Waals surface area contributed by atoms with Gasteiger partial charge >= 0.3 is 6.18 Å². The molecule has 0 fully saturated rings. The molecule has 1 aromatic heterocycles. The van der Waals surface area contributed by atoms with Crippen LogP contribution < -0.4 is 5.73 Å². The van der Waals surface area contributed by atoms with Gasteiger partial charge < -0.3 is 15.0 Å². The normalized spacial score (nSPS) is 12.0. The molecular formula is C9H14F3N3O. The van der Waals surface area contributed by atoms with Gasteiger partial charge in [-0.3, -0.25) is 0 Å². The fourth-order valence-electron chi connectivity index (χ4n) is 1.17. The lowest BCUT2D eigenvalue weighted by Gasteiger charge is -2.07. The molecule has 1 aromatic rings. The zero-order valence-corrected chi connectivity index (χ0v) is 8.70. The summed E-state index contributed by atoms with van der Waals surface area (Å²) in [4.78, 5) is 3.99. The number of alkyl halides is 3. The average Bonchev–Trinajstić information content (AvgIpc) is 2.63. The van der Waals surface area contributed by atoms with Crippen LogP contribution >= 0.6 is 0 Å². The Balaban J connectivity index is 2.11. The van der Waals surface area contributed by atoms with Crippen LogP contribution in [0.3, 0.4) is 0 Å². The Kier molecular flexibility index (Phi) is 4.75. The molecule has 0 radical (unpaired) electrons. The Labute approximate surface area is 91.2 Å². The molecule has 4 nitrogen and oxygen atoms in total. The van der Waals surface area contributed by atoms with E-state index in [9.17, 15) is 13.2 Å². The van der Waals surface area contributed by atoms with E-state index >= 15 is 0 Å². The quantitative estimate of drug-likeness (QED) is 0.759. The van der Waals surface area contributed by atoms with Gasteiger partial charge in [0.05, 0.1) is 12.0 Å². The Bertz CT molecular complexity index is 311. The number of nitrogens with two attached hydrogens (primary N) is 1. The van der Waals surface area contributed by atoms with Crippen molar-refractivity contribution in [3.8, 4) is 0 Å². The molecular weight excluding hydrogens is 223 g/mol. The number of rotatable bonds is 6. The maximum Gasteiger partial charge on any atom is 0.411 e. The lowest BCUT2D eigenvalue weighted by atomic mass is 10.4. The standard InChI is InChI=1S/C9H14F3N3O/c10-9(11,12)6-16-3-1-2-15-5-8(4-13)14-7-15/h5,7H,1-4,6,13H2. The number of aromatic nitrogens is 2. The summed E-state index contributed by atoms with van der Waals surface area (Å²) in [5.41, 5.74) is 6.12. The van der Waals surface area contributed by atoms with Crippen LogP contribution in [-0.2, 0) is 17.8 Å². The Morgan fingerprint density at radius 2 is 2.19 bits per heavy atom. The molecule has 0 unspecified atom stereocenters. The van der Waals surface area contributed by atoms with Crippen molar-refractivity contribution in [1.82, 2.24) is 9.55 Å². The molecule has 1 rings (SSSR count). The molecule has 0 aliphatic heterocycles. The third-order valence-electron chi connectivity index (χ3n) is 1.87. The first-order valence-corrected chi connectivity index (χ1v) is 4.86. The third kappa shape index (κ3) is 5.13. The molecule has 0 aliphatic rings. The fraction of sp³-hybridized carbons (Fsp3) is 0.667. The molecule has 0 aliphatic carbocycles. The molecule has 92 valence electrons. The molecule has 0 atom stereocenters. The van der Waals surface area contributed by atoms with Crippen molar-refractivity contribution < 1.29 is 17.9 Å². The highest BCUT2D eigenvalue weighted by Gasteiger charge is 2.27. The molecule has 0 aromatic carbocycles.